The van der Waals surface area contributed by atoms with Crippen molar-refractivity contribution in [3.8, 4) is 5.69 Å². The largest absolute Gasteiger partial charge is 0.341 e. The fourth-order valence-electron chi connectivity index (χ4n) is 2.44. The summed E-state index contributed by atoms with van der Waals surface area (Å²) in [7, 11) is 1.81. The van der Waals surface area contributed by atoms with Gasteiger partial charge in [-0.3, -0.25) is 4.79 Å². The number of rotatable bonds is 6. The fourth-order valence-corrected chi connectivity index (χ4v) is 3.93. The highest BCUT2D eigenvalue weighted by Gasteiger charge is 2.15. The molecule has 0 atom stereocenters. The highest BCUT2D eigenvalue weighted by molar-refractivity contribution is 7.99. The average molecular weight is 374 g/mol. The van der Waals surface area contributed by atoms with Gasteiger partial charge >= 0.3 is 0 Å². The second-order valence-corrected chi connectivity index (χ2v) is 7.56. The fraction of sp³-hybridized carbons (Fsp3) is 0.294. The highest BCUT2D eigenvalue weighted by Crippen LogP contribution is 2.22. The maximum Gasteiger partial charge on any atom is 0.233 e. The van der Waals surface area contributed by atoms with Gasteiger partial charge in [0, 0.05) is 13.6 Å². The Morgan fingerprint density at radius 1 is 1.32 bits per heavy atom. The van der Waals surface area contributed by atoms with Gasteiger partial charge < -0.3 is 4.90 Å². The molecule has 130 valence electrons. The maximum atomic E-state index is 12.4. The van der Waals surface area contributed by atoms with Gasteiger partial charge in [0.05, 0.1) is 11.4 Å². The van der Waals surface area contributed by atoms with E-state index in [0.29, 0.717) is 17.5 Å². The second kappa shape index (κ2) is 7.79. The van der Waals surface area contributed by atoms with Crippen molar-refractivity contribution in [2.45, 2.75) is 25.5 Å². The predicted octanol–water partition coefficient (Wildman–Crippen LogP) is 3.09. The van der Waals surface area contributed by atoms with E-state index in [0.717, 1.165) is 16.8 Å². The van der Waals surface area contributed by atoms with Crippen LogP contribution in [0.4, 0.5) is 0 Å². The minimum Gasteiger partial charge on any atom is -0.341 e. The van der Waals surface area contributed by atoms with Gasteiger partial charge in [0.2, 0.25) is 11.1 Å². The van der Waals surface area contributed by atoms with Gasteiger partial charge in [-0.2, -0.15) is 16.0 Å². The number of hydrogen-bond acceptors (Lipinski definition) is 6. The number of carbonyl (C=O) groups is 1. The van der Waals surface area contributed by atoms with E-state index in [4.69, 9.17) is 0 Å². The molecule has 0 spiro atoms. The lowest BCUT2D eigenvalue weighted by Gasteiger charge is -2.16. The Labute approximate surface area is 154 Å². The van der Waals surface area contributed by atoms with Crippen LogP contribution in [0, 0.1) is 13.8 Å². The molecule has 3 rings (SSSR count). The van der Waals surface area contributed by atoms with E-state index in [1.165, 1.54) is 17.3 Å². The number of thioether (sulfide) groups is 1. The van der Waals surface area contributed by atoms with E-state index in [2.05, 4.69) is 27.0 Å². The van der Waals surface area contributed by atoms with Crippen molar-refractivity contribution in [2.75, 3.05) is 12.8 Å². The van der Waals surface area contributed by atoms with E-state index in [9.17, 15) is 4.79 Å². The molecule has 2 aromatic heterocycles. The maximum absolute atomic E-state index is 12.4. The molecule has 3 aromatic rings. The zero-order valence-electron chi connectivity index (χ0n) is 14.3. The molecule has 25 heavy (non-hydrogen) atoms. The number of aryl methyl sites for hydroxylation is 2. The highest BCUT2D eigenvalue weighted by atomic mass is 32.2. The van der Waals surface area contributed by atoms with Crippen LogP contribution in [0.5, 0.6) is 0 Å². The molecule has 0 aliphatic heterocycles. The molecule has 0 saturated heterocycles. The molecule has 1 amide bonds. The normalized spacial score (nSPS) is 10.8. The van der Waals surface area contributed by atoms with Crippen molar-refractivity contribution < 1.29 is 4.79 Å². The van der Waals surface area contributed by atoms with Crippen molar-refractivity contribution in [3.63, 3.8) is 0 Å². The molecule has 0 saturated carbocycles. The van der Waals surface area contributed by atoms with E-state index >= 15 is 0 Å². The van der Waals surface area contributed by atoms with Crippen molar-refractivity contribution in [3.05, 3.63) is 51.7 Å². The van der Waals surface area contributed by atoms with Gasteiger partial charge in [-0.05, 0) is 58.3 Å². The molecular weight excluding hydrogens is 354 g/mol. The van der Waals surface area contributed by atoms with Gasteiger partial charge in [-0.25, -0.2) is 0 Å². The molecule has 1 aromatic carbocycles. The SMILES string of the molecule is Cc1ccc(-n2nnnc2SCC(=O)N(C)Cc2ccsc2)c(C)c1. The summed E-state index contributed by atoms with van der Waals surface area (Å²) in [5.74, 6) is 0.345. The van der Waals surface area contributed by atoms with Crippen LogP contribution in [0.15, 0.2) is 40.2 Å². The first-order valence-corrected chi connectivity index (χ1v) is 9.71. The Morgan fingerprint density at radius 2 is 2.16 bits per heavy atom. The third kappa shape index (κ3) is 4.26. The van der Waals surface area contributed by atoms with Crippen molar-refractivity contribution in [1.29, 1.82) is 0 Å². The lowest BCUT2D eigenvalue weighted by Crippen LogP contribution is -2.27. The Balaban J connectivity index is 1.66. The number of aromatic nitrogens is 4. The Morgan fingerprint density at radius 3 is 2.88 bits per heavy atom. The summed E-state index contributed by atoms with van der Waals surface area (Å²) >= 11 is 2.98. The zero-order chi connectivity index (χ0) is 17.8. The van der Waals surface area contributed by atoms with E-state index in [1.807, 2.05) is 44.5 Å². The van der Waals surface area contributed by atoms with E-state index in [-0.39, 0.29) is 5.91 Å². The van der Waals surface area contributed by atoms with Crippen molar-refractivity contribution in [1.82, 2.24) is 25.1 Å². The van der Waals surface area contributed by atoms with Gasteiger partial charge in [0.1, 0.15) is 0 Å². The first-order chi connectivity index (χ1) is 12.0. The van der Waals surface area contributed by atoms with Crippen LogP contribution < -0.4 is 0 Å². The standard InChI is InChI=1S/C17H19N5OS2/c1-12-4-5-15(13(2)8-12)22-17(18-19-20-22)25-11-16(23)21(3)9-14-6-7-24-10-14/h4-8,10H,9,11H2,1-3H3. The number of hydrogen-bond donors (Lipinski definition) is 0. The molecular formula is C17H19N5OS2. The summed E-state index contributed by atoms with van der Waals surface area (Å²) in [6.07, 6.45) is 0. The van der Waals surface area contributed by atoms with Crippen LogP contribution >= 0.6 is 23.1 Å². The summed E-state index contributed by atoms with van der Waals surface area (Å²) in [5.41, 5.74) is 4.35. The summed E-state index contributed by atoms with van der Waals surface area (Å²) in [6, 6.07) is 8.14. The predicted molar refractivity (Wildman–Crippen MR) is 100 cm³/mol. The first-order valence-electron chi connectivity index (χ1n) is 7.78. The topological polar surface area (TPSA) is 63.9 Å². The zero-order valence-corrected chi connectivity index (χ0v) is 16.0. The Bertz CT molecular complexity index is 860. The summed E-state index contributed by atoms with van der Waals surface area (Å²) in [4.78, 5) is 14.1. The quantitative estimate of drug-likeness (QED) is 0.621. The summed E-state index contributed by atoms with van der Waals surface area (Å²) in [5, 5.41) is 16.6. The summed E-state index contributed by atoms with van der Waals surface area (Å²) in [6.45, 7) is 4.69. The van der Waals surface area contributed by atoms with Crippen molar-refractivity contribution >= 4 is 29.0 Å². The van der Waals surface area contributed by atoms with Crippen LogP contribution in [0.3, 0.4) is 0 Å². The monoisotopic (exact) mass is 373 g/mol. The third-order valence-corrected chi connectivity index (χ3v) is 5.41. The Kier molecular flexibility index (Phi) is 5.50. The number of thiophene rings is 1. The van der Waals surface area contributed by atoms with Gasteiger partial charge in [0.25, 0.3) is 0 Å². The Hall–Kier alpha value is -2.19. The number of tetrazole rings is 1. The smallest absolute Gasteiger partial charge is 0.233 e. The van der Waals surface area contributed by atoms with Crippen LogP contribution in [-0.2, 0) is 11.3 Å². The van der Waals surface area contributed by atoms with Gasteiger partial charge in [-0.15, -0.1) is 5.10 Å². The third-order valence-electron chi connectivity index (χ3n) is 3.77. The first kappa shape index (κ1) is 17.6. The molecule has 0 bridgehead atoms. The summed E-state index contributed by atoms with van der Waals surface area (Å²) < 4.78 is 1.69. The molecule has 0 fully saturated rings. The molecule has 0 N–H and O–H groups in total. The van der Waals surface area contributed by atoms with E-state index < -0.39 is 0 Å². The molecule has 0 unspecified atom stereocenters. The molecule has 0 aliphatic rings. The minimum atomic E-state index is 0.0476. The molecule has 2 heterocycles. The minimum absolute atomic E-state index is 0.0476. The van der Waals surface area contributed by atoms with E-state index in [1.54, 1.807) is 20.9 Å². The second-order valence-electron chi connectivity index (χ2n) is 5.83. The van der Waals surface area contributed by atoms with Crippen LogP contribution in [0.1, 0.15) is 16.7 Å². The molecule has 0 aliphatic carbocycles. The molecule has 0 radical (unpaired) electrons. The molecule has 6 nitrogen and oxygen atoms in total. The number of carbonyl (C=O) groups excluding carboxylic acids is 1. The van der Waals surface area contributed by atoms with Crippen LogP contribution in [0.2, 0.25) is 0 Å². The van der Waals surface area contributed by atoms with Gasteiger partial charge in [-0.1, -0.05) is 29.5 Å². The van der Waals surface area contributed by atoms with Crippen LogP contribution in [-0.4, -0.2) is 43.8 Å². The number of amides is 1. The van der Waals surface area contributed by atoms with Crippen molar-refractivity contribution in [2.24, 2.45) is 0 Å². The average Bonchev–Trinajstić information content (AvgIpc) is 3.24. The number of nitrogens with zero attached hydrogens (tertiary/aromatic N) is 5. The lowest BCUT2D eigenvalue weighted by molar-refractivity contribution is -0.127. The number of benzene rings is 1. The van der Waals surface area contributed by atoms with Crippen LogP contribution in [0.25, 0.3) is 5.69 Å². The lowest BCUT2D eigenvalue weighted by atomic mass is 10.1. The molecule has 8 heteroatoms. The van der Waals surface area contributed by atoms with Gasteiger partial charge in [0.15, 0.2) is 0 Å².